The first-order chi connectivity index (χ1) is 7.70. The molecule has 1 aromatic carbocycles. The highest BCUT2D eigenvalue weighted by molar-refractivity contribution is 7.83. The molecule has 0 saturated heterocycles. The van der Waals surface area contributed by atoms with Crippen molar-refractivity contribution in [1.82, 2.24) is 4.72 Å². The van der Waals surface area contributed by atoms with E-state index < -0.39 is 11.0 Å². The molecule has 0 aromatic heterocycles. The van der Waals surface area contributed by atoms with E-state index in [0.29, 0.717) is 4.90 Å². The van der Waals surface area contributed by atoms with E-state index in [2.05, 4.69) is 4.72 Å². The van der Waals surface area contributed by atoms with Crippen LogP contribution < -0.4 is 4.72 Å². The third-order valence-corrected chi connectivity index (χ3v) is 2.37. The summed E-state index contributed by atoms with van der Waals surface area (Å²) in [6.45, 7) is 9.33. The maximum absolute atomic E-state index is 11.2. The maximum Gasteiger partial charge on any atom is 0.228 e. The molecular weight excluding hydrogens is 238 g/mol. The first-order valence-electron chi connectivity index (χ1n) is 5.44. The predicted octanol–water partition coefficient (Wildman–Crippen LogP) is 2.07. The molecular formula is C12H23NO3S. The lowest BCUT2D eigenvalue weighted by Gasteiger charge is -2.00. The number of hydrogen-bond donors (Lipinski definition) is 1. The van der Waals surface area contributed by atoms with Crippen molar-refractivity contribution in [1.29, 1.82) is 0 Å². The summed E-state index contributed by atoms with van der Waals surface area (Å²) < 4.78 is 13.5. The fourth-order valence-corrected chi connectivity index (χ4v) is 1.52. The van der Waals surface area contributed by atoms with Crippen molar-refractivity contribution < 1.29 is 14.5 Å². The Morgan fingerprint density at radius 2 is 1.47 bits per heavy atom. The zero-order valence-electron chi connectivity index (χ0n) is 11.1. The van der Waals surface area contributed by atoms with Crippen molar-refractivity contribution in [3.05, 3.63) is 30.3 Å². The van der Waals surface area contributed by atoms with Crippen LogP contribution in [-0.2, 0) is 15.8 Å². The largest absolute Gasteiger partial charge is 0.412 e. The summed E-state index contributed by atoms with van der Waals surface area (Å²) in [5, 5.41) is 0. The Labute approximate surface area is 106 Å². The minimum Gasteiger partial charge on any atom is -0.412 e. The van der Waals surface area contributed by atoms with Gasteiger partial charge in [-0.3, -0.25) is 9.52 Å². The van der Waals surface area contributed by atoms with E-state index in [1.54, 1.807) is 24.3 Å². The van der Waals surface area contributed by atoms with E-state index in [9.17, 15) is 9.00 Å². The van der Waals surface area contributed by atoms with Gasteiger partial charge in [0.2, 0.25) is 5.91 Å². The predicted molar refractivity (Wildman–Crippen MR) is 73.0 cm³/mol. The lowest BCUT2D eigenvalue weighted by Crippen LogP contribution is -2.22. The molecule has 5 heteroatoms. The van der Waals surface area contributed by atoms with E-state index in [0.717, 1.165) is 0 Å². The smallest absolute Gasteiger partial charge is 0.228 e. The Morgan fingerprint density at radius 1 is 1.06 bits per heavy atom. The zero-order chi connectivity index (χ0) is 13.0. The summed E-state index contributed by atoms with van der Waals surface area (Å²) in [7, 11) is -1.41. The molecule has 0 heterocycles. The van der Waals surface area contributed by atoms with Gasteiger partial charge in [0.25, 0.3) is 0 Å². The van der Waals surface area contributed by atoms with Crippen molar-refractivity contribution in [3.8, 4) is 0 Å². The van der Waals surface area contributed by atoms with E-state index in [1.165, 1.54) is 6.92 Å². The third kappa shape index (κ3) is 11.1. The minimum atomic E-state index is -1.41. The molecule has 0 saturated carbocycles. The van der Waals surface area contributed by atoms with Gasteiger partial charge in [-0.05, 0) is 12.1 Å². The van der Waals surface area contributed by atoms with Crippen molar-refractivity contribution in [3.63, 3.8) is 0 Å². The van der Waals surface area contributed by atoms with Crippen molar-refractivity contribution in [2.24, 2.45) is 0 Å². The molecule has 17 heavy (non-hydrogen) atoms. The van der Waals surface area contributed by atoms with Crippen molar-refractivity contribution in [2.75, 3.05) is 0 Å². The van der Waals surface area contributed by atoms with Crippen LogP contribution in [0.25, 0.3) is 0 Å². The quantitative estimate of drug-likeness (QED) is 0.884. The summed E-state index contributed by atoms with van der Waals surface area (Å²) in [6, 6.07) is 8.77. The maximum atomic E-state index is 11.2. The molecule has 0 aliphatic carbocycles. The molecule has 100 valence electrons. The van der Waals surface area contributed by atoms with E-state index in [-0.39, 0.29) is 11.4 Å². The van der Waals surface area contributed by atoms with E-state index in [1.807, 2.05) is 33.8 Å². The summed E-state index contributed by atoms with van der Waals surface area (Å²) in [5.41, 5.74) is 0. The molecule has 0 radical (unpaired) electrons. The Hall–Kier alpha value is -1.20. The SMILES string of the molecule is CC.CC.CC(=O)NS(=O)c1ccccc1.O. The van der Waals surface area contributed by atoms with Gasteiger partial charge in [-0.1, -0.05) is 45.9 Å². The average Bonchev–Trinajstić information content (AvgIpc) is 2.34. The molecule has 0 spiro atoms. The molecule has 0 fully saturated rings. The molecule has 0 bridgehead atoms. The Balaban J connectivity index is -0.000000355. The highest BCUT2D eigenvalue weighted by Crippen LogP contribution is 2.01. The van der Waals surface area contributed by atoms with Gasteiger partial charge in [0.05, 0.1) is 4.90 Å². The number of amides is 1. The Morgan fingerprint density at radius 3 is 1.82 bits per heavy atom. The van der Waals surface area contributed by atoms with Crippen LogP contribution in [0.2, 0.25) is 0 Å². The fourth-order valence-electron chi connectivity index (χ4n) is 0.734. The second-order valence-corrected chi connectivity index (χ2v) is 3.45. The Bertz CT molecular complexity index is 302. The van der Waals surface area contributed by atoms with Crippen molar-refractivity contribution >= 4 is 16.9 Å². The highest BCUT2D eigenvalue weighted by atomic mass is 32.2. The number of benzene rings is 1. The van der Waals surface area contributed by atoms with Gasteiger partial charge >= 0.3 is 0 Å². The first-order valence-corrected chi connectivity index (χ1v) is 6.59. The monoisotopic (exact) mass is 261 g/mol. The Kier molecular flexibility index (Phi) is 18.4. The first kappa shape index (κ1) is 21.1. The van der Waals surface area contributed by atoms with Crippen LogP contribution in [0.15, 0.2) is 35.2 Å². The van der Waals surface area contributed by atoms with Gasteiger partial charge in [-0.2, -0.15) is 0 Å². The molecule has 0 aliphatic rings. The van der Waals surface area contributed by atoms with Gasteiger partial charge in [0.1, 0.15) is 0 Å². The number of carbonyl (C=O) groups is 1. The number of hydrogen-bond acceptors (Lipinski definition) is 2. The zero-order valence-corrected chi connectivity index (χ0v) is 11.9. The van der Waals surface area contributed by atoms with Gasteiger partial charge in [-0.15, -0.1) is 0 Å². The highest BCUT2D eigenvalue weighted by Gasteiger charge is 2.02. The average molecular weight is 261 g/mol. The molecule has 3 N–H and O–H groups in total. The van der Waals surface area contributed by atoms with E-state index in [4.69, 9.17) is 0 Å². The summed E-state index contributed by atoms with van der Waals surface area (Å²) >= 11 is 0. The molecule has 0 aliphatic heterocycles. The number of carbonyl (C=O) groups excluding carboxylic acids is 1. The minimum absolute atomic E-state index is 0. The van der Waals surface area contributed by atoms with Crippen LogP contribution in [0.1, 0.15) is 34.6 Å². The second-order valence-electron chi connectivity index (χ2n) is 2.24. The number of nitrogens with one attached hydrogen (secondary N) is 1. The molecule has 1 atom stereocenters. The van der Waals surface area contributed by atoms with Crippen LogP contribution in [0, 0.1) is 0 Å². The molecule has 4 nitrogen and oxygen atoms in total. The van der Waals surface area contributed by atoms with Crippen LogP contribution in [0.4, 0.5) is 0 Å². The third-order valence-electron chi connectivity index (χ3n) is 1.19. The van der Waals surface area contributed by atoms with Crippen molar-refractivity contribution in [2.45, 2.75) is 39.5 Å². The lowest BCUT2D eigenvalue weighted by molar-refractivity contribution is -0.117. The standard InChI is InChI=1S/C8H9NO2S.2C2H6.H2O/c1-7(10)9-12(11)8-5-3-2-4-6-8;2*1-2;/h2-6H,1H3,(H,9,10);2*1-2H3;1H2. The van der Waals surface area contributed by atoms with Gasteiger partial charge in [0.15, 0.2) is 11.0 Å². The summed E-state index contributed by atoms with van der Waals surface area (Å²) in [6.07, 6.45) is 0. The van der Waals surface area contributed by atoms with Crippen LogP contribution in [0.5, 0.6) is 0 Å². The summed E-state index contributed by atoms with van der Waals surface area (Å²) in [5.74, 6) is -0.294. The molecule has 1 amide bonds. The number of rotatable bonds is 2. The van der Waals surface area contributed by atoms with Crippen LogP contribution in [-0.4, -0.2) is 15.6 Å². The van der Waals surface area contributed by atoms with Gasteiger partial charge in [0, 0.05) is 6.92 Å². The summed E-state index contributed by atoms with van der Waals surface area (Å²) in [4.78, 5) is 11.1. The van der Waals surface area contributed by atoms with Crippen LogP contribution >= 0.6 is 0 Å². The van der Waals surface area contributed by atoms with E-state index >= 15 is 0 Å². The molecule has 1 rings (SSSR count). The molecule has 1 unspecified atom stereocenters. The van der Waals surface area contributed by atoms with Crippen LogP contribution in [0.3, 0.4) is 0 Å². The normalized spacial score (nSPS) is 9.24. The van der Waals surface area contributed by atoms with Gasteiger partial charge < -0.3 is 5.48 Å². The topological polar surface area (TPSA) is 77.7 Å². The lowest BCUT2D eigenvalue weighted by atomic mass is 10.4. The molecule has 1 aromatic rings. The second kappa shape index (κ2) is 14.8. The fraction of sp³-hybridized carbons (Fsp3) is 0.417. The van der Waals surface area contributed by atoms with Gasteiger partial charge in [-0.25, -0.2) is 4.21 Å².